The number of rotatable bonds is 2. The fourth-order valence-electron chi connectivity index (χ4n) is 2.79. The van der Waals surface area contributed by atoms with Gasteiger partial charge in [0.2, 0.25) is 5.91 Å². The Labute approximate surface area is 121 Å². The minimum atomic E-state index is -0.0698. The lowest BCUT2D eigenvalue weighted by atomic mass is 9.87. The molecule has 0 bridgehead atoms. The lowest BCUT2D eigenvalue weighted by molar-refractivity contribution is -0.117. The van der Waals surface area contributed by atoms with Crippen molar-refractivity contribution in [3.8, 4) is 0 Å². The maximum atomic E-state index is 12.5. The first-order valence-corrected chi connectivity index (χ1v) is 7.62. The zero-order valence-electron chi connectivity index (χ0n) is 11.6. The van der Waals surface area contributed by atoms with Gasteiger partial charge in [-0.15, -0.1) is 11.3 Å². The van der Waals surface area contributed by atoms with Gasteiger partial charge in [-0.3, -0.25) is 9.48 Å². The highest BCUT2D eigenvalue weighted by atomic mass is 32.1. The molecule has 0 saturated heterocycles. The zero-order valence-corrected chi connectivity index (χ0v) is 12.5. The zero-order chi connectivity index (χ0) is 14.3. The minimum absolute atomic E-state index is 0.0130. The Bertz CT molecular complexity index is 658. The van der Waals surface area contributed by atoms with E-state index in [1.54, 1.807) is 23.1 Å². The molecule has 1 amide bonds. The van der Waals surface area contributed by atoms with Crippen LogP contribution in [0.25, 0.3) is 0 Å². The number of fused-ring (bicyclic) bond motifs is 1. The standard InChI is InChI=1S/C14H18N4OS/c1-8-12(15)13(18(2)17-8)16-14(19)10-4-3-5-11-9(10)6-7-20-11/h6-7,10H,3-5,15H2,1-2H3,(H,16,19). The predicted octanol–water partition coefficient (Wildman–Crippen LogP) is 2.43. The van der Waals surface area contributed by atoms with Gasteiger partial charge in [0.05, 0.1) is 17.3 Å². The number of amides is 1. The Balaban J connectivity index is 1.85. The molecule has 1 aliphatic rings. The monoisotopic (exact) mass is 290 g/mol. The van der Waals surface area contributed by atoms with Crippen molar-refractivity contribution in [3.63, 3.8) is 0 Å². The number of aryl methyl sites for hydroxylation is 3. The van der Waals surface area contributed by atoms with Crippen LogP contribution in [0.1, 0.15) is 34.9 Å². The lowest BCUT2D eigenvalue weighted by Crippen LogP contribution is -2.25. The SMILES string of the molecule is Cc1nn(C)c(NC(=O)C2CCCc3sccc32)c1N. The van der Waals surface area contributed by atoms with Crippen LogP contribution in [0.2, 0.25) is 0 Å². The van der Waals surface area contributed by atoms with Crippen LogP contribution in [0.4, 0.5) is 11.5 Å². The van der Waals surface area contributed by atoms with Crippen molar-refractivity contribution in [2.75, 3.05) is 11.1 Å². The van der Waals surface area contributed by atoms with Crippen LogP contribution in [0.3, 0.4) is 0 Å². The van der Waals surface area contributed by atoms with Gasteiger partial charge < -0.3 is 11.1 Å². The molecule has 0 saturated carbocycles. The maximum absolute atomic E-state index is 12.5. The van der Waals surface area contributed by atoms with Crippen LogP contribution in [0.5, 0.6) is 0 Å². The van der Waals surface area contributed by atoms with Gasteiger partial charge in [0.1, 0.15) is 0 Å². The molecule has 1 aliphatic carbocycles. The van der Waals surface area contributed by atoms with Crippen LogP contribution in [-0.4, -0.2) is 15.7 Å². The molecule has 5 nitrogen and oxygen atoms in total. The third-order valence-electron chi connectivity index (χ3n) is 3.88. The van der Waals surface area contributed by atoms with Gasteiger partial charge in [-0.25, -0.2) is 0 Å². The summed E-state index contributed by atoms with van der Waals surface area (Å²) in [7, 11) is 1.79. The molecule has 6 heteroatoms. The molecule has 0 radical (unpaired) electrons. The van der Waals surface area contributed by atoms with Crippen molar-refractivity contribution in [1.82, 2.24) is 9.78 Å². The summed E-state index contributed by atoms with van der Waals surface area (Å²) in [6.07, 6.45) is 3.04. The number of nitrogen functional groups attached to an aromatic ring is 1. The number of nitrogens with zero attached hydrogens (tertiary/aromatic N) is 2. The largest absolute Gasteiger partial charge is 0.394 e. The van der Waals surface area contributed by atoms with Gasteiger partial charge in [0.15, 0.2) is 5.82 Å². The number of hydrogen-bond donors (Lipinski definition) is 2. The lowest BCUT2D eigenvalue weighted by Gasteiger charge is -2.21. The van der Waals surface area contributed by atoms with Crippen molar-refractivity contribution < 1.29 is 4.79 Å². The Morgan fingerprint density at radius 2 is 2.40 bits per heavy atom. The van der Waals surface area contributed by atoms with Crippen LogP contribution in [0.15, 0.2) is 11.4 Å². The van der Waals surface area contributed by atoms with E-state index < -0.39 is 0 Å². The first-order chi connectivity index (χ1) is 9.58. The van der Waals surface area contributed by atoms with E-state index in [4.69, 9.17) is 5.73 Å². The first kappa shape index (κ1) is 13.2. The number of thiophene rings is 1. The molecule has 1 unspecified atom stereocenters. The number of nitrogens with two attached hydrogens (primary N) is 1. The number of anilines is 2. The van der Waals surface area contributed by atoms with Crippen molar-refractivity contribution in [2.45, 2.75) is 32.1 Å². The molecular formula is C14H18N4OS. The van der Waals surface area contributed by atoms with Crippen molar-refractivity contribution in [1.29, 1.82) is 0 Å². The highest BCUT2D eigenvalue weighted by Gasteiger charge is 2.28. The highest BCUT2D eigenvalue weighted by molar-refractivity contribution is 7.10. The summed E-state index contributed by atoms with van der Waals surface area (Å²) in [6, 6.07) is 2.07. The molecule has 1 atom stereocenters. The van der Waals surface area contributed by atoms with E-state index in [0.717, 1.165) is 25.0 Å². The smallest absolute Gasteiger partial charge is 0.233 e. The quantitative estimate of drug-likeness (QED) is 0.892. The van der Waals surface area contributed by atoms with Crippen molar-refractivity contribution in [3.05, 3.63) is 27.6 Å². The van der Waals surface area contributed by atoms with E-state index in [0.29, 0.717) is 11.5 Å². The second kappa shape index (κ2) is 4.94. The molecule has 2 aromatic heterocycles. The van der Waals surface area contributed by atoms with Gasteiger partial charge in [-0.1, -0.05) is 0 Å². The normalized spacial score (nSPS) is 17.8. The van der Waals surface area contributed by atoms with E-state index in [-0.39, 0.29) is 11.8 Å². The van der Waals surface area contributed by atoms with Crippen LogP contribution in [-0.2, 0) is 18.3 Å². The molecule has 2 aromatic rings. The average molecular weight is 290 g/mol. The fourth-order valence-corrected chi connectivity index (χ4v) is 3.77. The topological polar surface area (TPSA) is 72.9 Å². The van der Waals surface area contributed by atoms with E-state index in [1.807, 2.05) is 6.92 Å². The second-order valence-electron chi connectivity index (χ2n) is 5.20. The molecule has 0 aliphatic heterocycles. The Morgan fingerprint density at radius 1 is 1.60 bits per heavy atom. The average Bonchev–Trinajstić information content (AvgIpc) is 2.99. The van der Waals surface area contributed by atoms with Gasteiger partial charge in [-0.2, -0.15) is 5.10 Å². The third kappa shape index (κ3) is 2.10. The third-order valence-corrected chi connectivity index (χ3v) is 4.88. The molecule has 106 valence electrons. The van der Waals surface area contributed by atoms with E-state index in [2.05, 4.69) is 21.9 Å². The van der Waals surface area contributed by atoms with Gasteiger partial charge in [0, 0.05) is 11.9 Å². The van der Waals surface area contributed by atoms with E-state index in [1.165, 1.54) is 10.4 Å². The molecule has 0 spiro atoms. The van der Waals surface area contributed by atoms with Crippen molar-refractivity contribution >= 4 is 28.7 Å². The summed E-state index contributed by atoms with van der Waals surface area (Å²) in [4.78, 5) is 13.9. The summed E-state index contributed by atoms with van der Waals surface area (Å²) in [5, 5.41) is 9.23. The molecule has 3 rings (SSSR count). The number of aromatic nitrogens is 2. The fraction of sp³-hybridized carbons (Fsp3) is 0.429. The summed E-state index contributed by atoms with van der Waals surface area (Å²) < 4.78 is 1.62. The van der Waals surface area contributed by atoms with E-state index >= 15 is 0 Å². The second-order valence-corrected chi connectivity index (χ2v) is 6.21. The van der Waals surface area contributed by atoms with Gasteiger partial charge >= 0.3 is 0 Å². The molecular weight excluding hydrogens is 272 g/mol. The summed E-state index contributed by atoms with van der Waals surface area (Å²) in [5.74, 6) is 0.536. The molecule has 0 fully saturated rings. The van der Waals surface area contributed by atoms with Crippen LogP contribution in [0, 0.1) is 6.92 Å². The highest BCUT2D eigenvalue weighted by Crippen LogP contribution is 2.36. The number of nitrogens with one attached hydrogen (secondary N) is 1. The summed E-state index contributed by atoms with van der Waals surface area (Å²) in [6.45, 7) is 1.84. The number of carbonyl (C=O) groups excluding carboxylic acids is 1. The van der Waals surface area contributed by atoms with E-state index in [9.17, 15) is 4.79 Å². The molecule has 0 aromatic carbocycles. The van der Waals surface area contributed by atoms with Gasteiger partial charge in [-0.05, 0) is 43.2 Å². The predicted molar refractivity (Wildman–Crippen MR) is 81.0 cm³/mol. The Morgan fingerprint density at radius 3 is 3.10 bits per heavy atom. The number of carbonyl (C=O) groups is 1. The van der Waals surface area contributed by atoms with Crippen LogP contribution >= 0.6 is 11.3 Å². The Kier molecular flexibility index (Phi) is 3.25. The van der Waals surface area contributed by atoms with Crippen LogP contribution < -0.4 is 11.1 Å². The summed E-state index contributed by atoms with van der Waals surface area (Å²) in [5.41, 5.74) is 8.42. The number of hydrogen-bond acceptors (Lipinski definition) is 4. The molecule has 3 N–H and O–H groups in total. The first-order valence-electron chi connectivity index (χ1n) is 6.74. The summed E-state index contributed by atoms with van der Waals surface area (Å²) >= 11 is 1.74. The molecule has 20 heavy (non-hydrogen) atoms. The molecule has 2 heterocycles. The van der Waals surface area contributed by atoms with Crippen molar-refractivity contribution in [2.24, 2.45) is 7.05 Å². The maximum Gasteiger partial charge on any atom is 0.233 e. The van der Waals surface area contributed by atoms with Gasteiger partial charge in [0.25, 0.3) is 0 Å². The minimum Gasteiger partial charge on any atom is -0.394 e. The Hall–Kier alpha value is -1.82.